The second kappa shape index (κ2) is 3.47. The SMILES string of the molecule is CC(C)c1ccc(N2CC(C)(F)C2)nc1. The number of alkyl halides is 1. The van der Waals surface area contributed by atoms with E-state index in [1.54, 1.807) is 6.92 Å². The van der Waals surface area contributed by atoms with Crippen LogP contribution >= 0.6 is 0 Å². The Morgan fingerprint density at radius 1 is 1.40 bits per heavy atom. The number of nitrogens with zero attached hydrogens (tertiary/aromatic N) is 2. The molecule has 2 nitrogen and oxygen atoms in total. The number of anilines is 1. The van der Waals surface area contributed by atoms with Gasteiger partial charge in [-0.3, -0.25) is 0 Å². The predicted octanol–water partition coefficient (Wildman–Crippen LogP) is 2.75. The zero-order valence-electron chi connectivity index (χ0n) is 9.50. The summed E-state index contributed by atoms with van der Waals surface area (Å²) < 4.78 is 13.3. The molecular weight excluding hydrogens is 191 g/mol. The zero-order valence-corrected chi connectivity index (χ0v) is 9.50. The summed E-state index contributed by atoms with van der Waals surface area (Å²) in [6.07, 6.45) is 1.88. The minimum atomic E-state index is -1.03. The van der Waals surface area contributed by atoms with Gasteiger partial charge < -0.3 is 4.90 Å². The summed E-state index contributed by atoms with van der Waals surface area (Å²) in [4.78, 5) is 6.31. The van der Waals surface area contributed by atoms with Crippen LogP contribution in [0.4, 0.5) is 10.2 Å². The standard InChI is InChI=1S/C12H17FN2/c1-9(2)10-4-5-11(14-6-10)15-7-12(3,13)8-15/h4-6,9H,7-8H2,1-3H3. The Balaban J connectivity index is 2.06. The lowest BCUT2D eigenvalue weighted by atomic mass is 9.99. The lowest BCUT2D eigenvalue weighted by molar-refractivity contribution is 0.143. The average molecular weight is 208 g/mol. The van der Waals surface area contributed by atoms with Crippen molar-refractivity contribution in [3.05, 3.63) is 23.9 Å². The highest BCUT2D eigenvalue weighted by Crippen LogP contribution is 2.29. The molecule has 1 fully saturated rings. The minimum absolute atomic E-state index is 0.459. The van der Waals surface area contributed by atoms with Crippen molar-refractivity contribution >= 4 is 5.82 Å². The number of hydrogen-bond donors (Lipinski definition) is 0. The molecule has 0 atom stereocenters. The number of aromatic nitrogens is 1. The van der Waals surface area contributed by atoms with Crippen LogP contribution in [0.1, 0.15) is 32.3 Å². The summed E-state index contributed by atoms with van der Waals surface area (Å²) in [7, 11) is 0. The van der Waals surface area contributed by atoms with Gasteiger partial charge in [-0.15, -0.1) is 0 Å². The van der Waals surface area contributed by atoms with E-state index in [0.717, 1.165) is 5.82 Å². The minimum Gasteiger partial charge on any atom is -0.350 e. The van der Waals surface area contributed by atoms with Crippen molar-refractivity contribution in [2.75, 3.05) is 18.0 Å². The molecule has 0 saturated carbocycles. The van der Waals surface area contributed by atoms with Gasteiger partial charge in [-0.1, -0.05) is 19.9 Å². The summed E-state index contributed by atoms with van der Waals surface area (Å²) in [5, 5.41) is 0. The summed E-state index contributed by atoms with van der Waals surface area (Å²) in [5.74, 6) is 1.38. The molecule has 2 heterocycles. The van der Waals surface area contributed by atoms with Crippen LogP contribution in [-0.2, 0) is 0 Å². The Kier molecular flexibility index (Phi) is 2.41. The topological polar surface area (TPSA) is 16.1 Å². The second-order valence-corrected chi connectivity index (χ2v) is 4.87. The molecule has 0 aliphatic carbocycles. The molecule has 1 saturated heterocycles. The van der Waals surface area contributed by atoms with Crippen molar-refractivity contribution in [2.45, 2.75) is 32.4 Å². The zero-order chi connectivity index (χ0) is 11.1. The molecule has 0 aromatic carbocycles. The molecule has 1 aromatic rings. The third kappa shape index (κ3) is 2.11. The maximum atomic E-state index is 13.3. The molecule has 2 rings (SSSR count). The van der Waals surface area contributed by atoms with Crippen LogP contribution in [-0.4, -0.2) is 23.7 Å². The van der Waals surface area contributed by atoms with Gasteiger partial charge in [0, 0.05) is 6.20 Å². The van der Waals surface area contributed by atoms with Crippen LogP contribution in [0, 0.1) is 0 Å². The Morgan fingerprint density at radius 2 is 2.07 bits per heavy atom. The first-order chi connectivity index (χ1) is 6.98. The van der Waals surface area contributed by atoms with Gasteiger partial charge in [-0.25, -0.2) is 9.37 Å². The molecule has 0 unspecified atom stereocenters. The van der Waals surface area contributed by atoms with Gasteiger partial charge in [0.2, 0.25) is 0 Å². The maximum absolute atomic E-state index is 13.3. The summed E-state index contributed by atoms with van der Waals surface area (Å²) in [6.45, 7) is 6.83. The largest absolute Gasteiger partial charge is 0.350 e. The van der Waals surface area contributed by atoms with E-state index in [0.29, 0.717) is 19.0 Å². The highest BCUT2D eigenvalue weighted by atomic mass is 19.1. The summed E-state index contributed by atoms with van der Waals surface area (Å²) in [6, 6.07) is 4.05. The summed E-state index contributed by atoms with van der Waals surface area (Å²) in [5.41, 5.74) is 0.195. The maximum Gasteiger partial charge on any atom is 0.143 e. The first kappa shape index (κ1) is 10.4. The smallest absolute Gasteiger partial charge is 0.143 e. The van der Waals surface area contributed by atoms with Crippen LogP contribution in [0.25, 0.3) is 0 Å². The number of hydrogen-bond acceptors (Lipinski definition) is 2. The highest BCUT2D eigenvalue weighted by molar-refractivity contribution is 5.44. The Hall–Kier alpha value is -1.12. The van der Waals surface area contributed by atoms with Gasteiger partial charge in [-0.2, -0.15) is 0 Å². The van der Waals surface area contributed by atoms with Crippen LogP contribution in [0.2, 0.25) is 0 Å². The van der Waals surface area contributed by atoms with Gasteiger partial charge in [0.25, 0.3) is 0 Å². The molecule has 0 spiro atoms. The van der Waals surface area contributed by atoms with Crippen LogP contribution in [0.5, 0.6) is 0 Å². The van der Waals surface area contributed by atoms with Crippen LogP contribution in [0.3, 0.4) is 0 Å². The molecule has 15 heavy (non-hydrogen) atoms. The Morgan fingerprint density at radius 3 is 2.47 bits per heavy atom. The number of halogens is 1. The fourth-order valence-corrected chi connectivity index (χ4v) is 1.84. The average Bonchev–Trinajstić information content (AvgIpc) is 2.14. The number of rotatable bonds is 2. The number of pyridine rings is 1. The van der Waals surface area contributed by atoms with E-state index in [-0.39, 0.29) is 0 Å². The molecule has 1 aliphatic heterocycles. The Labute approximate surface area is 90.1 Å². The quantitative estimate of drug-likeness (QED) is 0.743. The highest BCUT2D eigenvalue weighted by Gasteiger charge is 2.39. The van der Waals surface area contributed by atoms with E-state index >= 15 is 0 Å². The van der Waals surface area contributed by atoms with Crippen molar-refractivity contribution in [1.29, 1.82) is 0 Å². The lowest BCUT2D eigenvalue weighted by Gasteiger charge is -2.43. The monoisotopic (exact) mass is 208 g/mol. The van der Waals surface area contributed by atoms with Crippen LogP contribution in [0.15, 0.2) is 18.3 Å². The molecule has 1 aliphatic rings. The predicted molar refractivity (Wildman–Crippen MR) is 60.1 cm³/mol. The van der Waals surface area contributed by atoms with E-state index in [9.17, 15) is 4.39 Å². The third-order valence-corrected chi connectivity index (χ3v) is 2.80. The van der Waals surface area contributed by atoms with E-state index in [4.69, 9.17) is 0 Å². The second-order valence-electron chi connectivity index (χ2n) is 4.87. The van der Waals surface area contributed by atoms with Crippen LogP contribution < -0.4 is 4.90 Å². The fraction of sp³-hybridized carbons (Fsp3) is 0.583. The molecule has 82 valence electrons. The molecule has 1 aromatic heterocycles. The van der Waals surface area contributed by atoms with Crippen molar-refractivity contribution in [3.8, 4) is 0 Å². The lowest BCUT2D eigenvalue weighted by Crippen LogP contribution is -2.57. The fourth-order valence-electron chi connectivity index (χ4n) is 1.84. The van der Waals surface area contributed by atoms with Crippen molar-refractivity contribution < 1.29 is 4.39 Å². The molecular formula is C12H17FN2. The third-order valence-electron chi connectivity index (χ3n) is 2.80. The van der Waals surface area contributed by atoms with Gasteiger partial charge in [0.05, 0.1) is 13.1 Å². The van der Waals surface area contributed by atoms with E-state index in [1.807, 2.05) is 17.2 Å². The molecule has 0 bridgehead atoms. The van der Waals surface area contributed by atoms with Gasteiger partial charge in [0.1, 0.15) is 11.5 Å². The molecule has 3 heteroatoms. The van der Waals surface area contributed by atoms with Gasteiger partial charge >= 0.3 is 0 Å². The van der Waals surface area contributed by atoms with Crippen molar-refractivity contribution in [2.24, 2.45) is 0 Å². The summed E-state index contributed by atoms with van der Waals surface area (Å²) >= 11 is 0. The Bertz CT molecular complexity index is 335. The molecule has 0 amide bonds. The van der Waals surface area contributed by atoms with Crippen molar-refractivity contribution in [1.82, 2.24) is 4.98 Å². The van der Waals surface area contributed by atoms with Gasteiger partial charge in [-0.05, 0) is 24.5 Å². The molecule has 0 N–H and O–H groups in total. The van der Waals surface area contributed by atoms with Crippen molar-refractivity contribution in [3.63, 3.8) is 0 Å². The van der Waals surface area contributed by atoms with Gasteiger partial charge in [0.15, 0.2) is 0 Å². The van der Waals surface area contributed by atoms with E-state index < -0.39 is 5.67 Å². The van der Waals surface area contributed by atoms with E-state index in [2.05, 4.69) is 24.9 Å². The first-order valence-electron chi connectivity index (χ1n) is 5.38. The normalized spacial score (nSPS) is 19.1. The van der Waals surface area contributed by atoms with E-state index in [1.165, 1.54) is 5.56 Å². The first-order valence-corrected chi connectivity index (χ1v) is 5.38. The molecule has 0 radical (unpaired) electrons.